The zero-order valence-corrected chi connectivity index (χ0v) is 7.60. The van der Waals surface area contributed by atoms with Gasteiger partial charge in [-0.15, -0.1) is 6.58 Å². The maximum absolute atomic E-state index is 11.3. The smallest absolute Gasteiger partial charge is 0.345 e. The molecule has 0 amide bonds. The van der Waals surface area contributed by atoms with E-state index in [-0.39, 0.29) is 6.42 Å². The van der Waals surface area contributed by atoms with Gasteiger partial charge in [-0.3, -0.25) is 4.79 Å². The van der Waals surface area contributed by atoms with E-state index < -0.39 is 11.9 Å². The van der Waals surface area contributed by atoms with E-state index in [9.17, 15) is 9.59 Å². The lowest BCUT2D eigenvalue weighted by molar-refractivity contribution is -0.136. The largest absolute Gasteiger partial charge is 0.389 e. The third-order valence-electron chi connectivity index (χ3n) is 1.53. The molecule has 14 heavy (non-hydrogen) atoms. The van der Waals surface area contributed by atoms with Gasteiger partial charge in [0, 0.05) is 0 Å². The summed E-state index contributed by atoms with van der Waals surface area (Å²) in [6.07, 6.45) is 1.43. The van der Waals surface area contributed by atoms with Gasteiger partial charge in [-0.2, -0.15) is 0 Å². The lowest BCUT2D eigenvalue weighted by Gasteiger charge is -2.00. The van der Waals surface area contributed by atoms with Crippen LogP contribution in [0.2, 0.25) is 0 Å². The van der Waals surface area contributed by atoms with Crippen molar-refractivity contribution < 1.29 is 14.3 Å². The van der Waals surface area contributed by atoms with Crippen LogP contribution in [-0.2, 0) is 9.53 Å². The zero-order chi connectivity index (χ0) is 10.4. The molecule has 0 saturated heterocycles. The van der Waals surface area contributed by atoms with Crippen molar-refractivity contribution in [1.82, 2.24) is 0 Å². The van der Waals surface area contributed by atoms with Crippen LogP contribution in [0.3, 0.4) is 0 Å². The number of hydrogen-bond donors (Lipinski definition) is 0. The molecular formula is C11H10O3. The average molecular weight is 190 g/mol. The van der Waals surface area contributed by atoms with Crippen molar-refractivity contribution in [3.8, 4) is 0 Å². The lowest BCUT2D eigenvalue weighted by Crippen LogP contribution is -2.11. The normalized spacial score (nSPS) is 9.14. The predicted octanol–water partition coefficient (Wildman–Crippen LogP) is 1.95. The molecule has 0 spiro atoms. The third-order valence-corrected chi connectivity index (χ3v) is 1.53. The first-order valence-corrected chi connectivity index (χ1v) is 4.15. The van der Waals surface area contributed by atoms with Crippen molar-refractivity contribution >= 4 is 11.9 Å². The van der Waals surface area contributed by atoms with Crippen LogP contribution in [0, 0.1) is 0 Å². The molecule has 1 aromatic rings. The molecule has 0 radical (unpaired) electrons. The molecule has 0 unspecified atom stereocenters. The highest BCUT2D eigenvalue weighted by atomic mass is 16.6. The van der Waals surface area contributed by atoms with Crippen LogP contribution in [0.4, 0.5) is 0 Å². The Bertz CT molecular complexity index is 341. The summed E-state index contributed by atoms with van der Waals surface area (Å²) in [6.45, 7) is 3.37. The Hall–Kier alpha value is -1.90. The lowest BCUT2D eigenvalue weighted by atomic mass is 10.2. The highest BCUT2D eigenvalue weighted by Gasteiger charge is 2.10. The fourth-order valence-electron chi connectivity index (χ4n) is 0.896. The van der Waals surface area contributed by atoms with Crippen molar-refractivity contribution in [2.24, 2.45) is 0 Å². The SMILES string of the molecule is C=CCC(=O)OC(=O)c1ccccc1. The molecule has 0 aromatic heterocycles. The van der Waals surface area contributed by atoms with Gasteiger partial charge in [-0.1, -0.05) is 24.3 Å². The van der Waals surface area contributed by atoms with Gasteiger partial charge in [0.2, 0.25) is 0 Å². The first kappa shape index (κ1) is 10.2. The van der Waals surface area contributed by atoms with Gasteiger partial charge in [0.25, 0.3) is 0 Å². The van der Waals surface area contributed by atoms with E-state index in [4.69, 9.17) is 0 Å². The minimum atomic E-state index is -0.627. The van der Waals surface area contributed by atoms with Crippen molar-refractivity contribution in [1.29, 1.82) is 0 Å². The number of esters is 2. The van der Waals surface area contributed by atoms with Gasteiger partial charge in [-0.25, -0.2) is 4.79 Å². The Morgan fingerprint density at radius 3 is 2.50 bits per heavy atom. The highest BCUT2D eigenvalue weighted by molar-refractivity contribution is 5.96. The first-order chi connectivity index (χ1) is 6.74. The Morgan fingerprint density at radius 1 is 1.29 bits per heavy atom. The second-order valence-corrected chi connectivity index (χ2v) is 2.62. The molecule has 3 heteroatoms. The number of rotatable bonds is 3. The van der Waals surface area contributed by atoms with Gasteiger partial charge in [0.15, 0.2) is 0 Å². The maximum atomic E-state index is 11.3. The van der Waals surface area contributed by atoms with Gasteiger partial charge in [-0.05, 0) is 12.1 Å². The van der Waals surface area contributed by atoms with Crippen LogP contribution in [0.5, 0.6) is 0 Å². The topological polar surface area (TPSA) is 43.4 Å². The van der Waals surface area contributed by atoms with Crippen LogP contribution >= 0.6 is 0 Å². The van der Waals surface area contributed by atoms with Crippen molar-refractivity contribution in [3.63, 3.8) is 0 Å². The quantitative estimate of drug-likeness (QED) is 0.415. The third kappa shape index (κ3) is 2.86. The summed E-state index contributed by atoms with van der Waals surface area (Å²) in [4.78, 5) is 22.2. The van der Waals surface area contributed by atoms with Crippen LogP contribution in [0.25, 0.3) is 0 Å². The fourth-order valence-corrected chi connectivity index (χ4v) is 0.896. The van der Waals surface area contributed by atoms with E-state index in [1.165, 1.54) is 6.08 Å². The van der Waals surface area contributed by atoms with Crippen LogP contribution in [0.15, 0.2) is 43.0 Å². The van der Waals surface area contributed by atoms with Crippen LogP contribution in [-0.4, -0.2) is 11.9 Å². The number of benzene rings is 1. The van der Waals surface area contributed by atoms with E-state index >= 15 is 0 Å². The monoisotopic (exact) mass is 190 g/mol. The Morgan fingerprint density at radius 2 is 1.93 bits per heavy atom. The molecule has 1 rings (SSSR count). The fraction of sp³-hybridized carbons (Fsp3) is 0.0909. The number of carbonyl (C=O) groups is 2. The molecule has 72 valence electrons. The molecular weight excluding hydrogens is 180 g/mol. The van der Waals surface area contributed by atoms with Crippen molar-refractivity contribution in [2.75, 3.05) is 0 Å². The van der Waals surface area contributed by atoms with E-state index in [0.717, 1.165) is 0 Å². The van der Waals surface area contributed by atoms with E-state index in [0.29, 0.717) is 5.56 Å². The molecule has 0 heterocycles. The second kappa shape index (κ2) is 4.97. The summed E-state index contributed by atoms with van der Waals surface area (Å²) in [5.74, 6) is -1.22. The average Bonchev–Trinajstić information content (AvgIpc) is 2.19. The molecule has 0 aliphatic heterocycles. The number of ether oxygens (including phenoxy) is 1. The highest BCUT2D eigenvalue weighted by Crippen LogP contribution is 2.02. The first-order valence-electron chi connectivity index (χ1n) is 4.15. The maximum Gasteiger partial charge on any atom is 0.345 e. The van der Waals surface area contributed by atoms with E-state index in [1.54, 1.807) is 30.3 Å². The second-order valence-electron chi connectivity index (χ2n) is 2.62. The summed E-state index contributed by atoms with van der Waals surface area (Å²) >= 11 is 0. The predicted molar refractivity (Wildman–Crippen MR) is 51.7 cm³/mol. The molecule has 0 fully saturated rings. The van der Waals surface area contributed by atoms with Crippen molar-refractivity contribution in [3.05, 3.63) is 48.6 Å². The summed E-state index contributed by atoms with van der Waals surface area (Å²) in [5.41, 5.74) is 0.366. The summed E-state index contributed by atoms with van der Waals surface area (Å²) in [6, 6.07) is 8.36. The Kier molecular flexibility index (Phi) is 3.61. The summed E-state index contributed by atoms with van der Waals surface area (Å²) in [7, 11) is 0. The molecule has 0 atom stereocenters. The van der Waals surface area contributed by atoms with Crippen molar-refractivity contribution in [2.45, 2.75) is 6.42 Å². The minimum absolute atomic E-state index is 0.0403. The number of carbonyl (C=O) groups excluding carboxylic acids is 2. The number of hydrogen-bond acceptors (Lipinski definition) is 3. The van der Waals surface area contributed by atoms with E-state index in [1.807, 2.05) is 0 Å². The summed E-state index contributed by atoms with van der Waals surface area (Å²) in [5, 5.41) is 0. The molecule has 0 saturated carbocycles. The van der Waals surface area contributed by atoms with Gasteiger partial charge in [0.1, 0.15) is 0 Å². The molecule has 0 bridgehead atoms. The van der Waals surface area contributed by atoms with Gasteiger partial charge in [0.05, 0.1) is 12.0 Å². The Labute approximate surface area is 82.0 Å². The molecule has 0 N–H and O–H groups in total. The minimum Gasteiger partial charge on any atom is -0.389 e. The van der Waals surface area contributed by atoms with Crippen LogP contribution < -0.4 is 0 Å². The zero-order valence-electron chi connectivity index (χ0n) is 7.60. The van der Waals surface area contributed by atoms with E-state index in [2.05, 4.69) is 11.3 Å². The van der Waals surface area contributed by atoms with Gasteiger partial charge >= 0.3 is 11.9 Å². The standard InChI is InChI=1S/C11H10O3/c1-2-6-10(12)14-11(13)9-7-4-3-5-8-9/h2-5,7-8H,1,6H2. The summed E-state index contributed by atoms with van der Waals surface area (Å²) < 4.78 is 4.53. The molecule has 0 aliphatic rings. The molecule has 3 nitrogen and oxygen atoms in total. The Balaban J connectivity index is 2.59. The van der Waals surface area contributed by atoms with Gasteiger partial charge < -0.3 is 4.74 Å². The van der Waals surface area contributed by atoms with Crippen LogP contribution in [0.1, 0.15) is 16.8 Å². The molecule has 0 aliphatic carbocycles. The molecule has 1 aromatic carbocycles.